The second-order valence-electron chi connectivity index (χ2n) is 7.32. The average Bonchev–Trinajstić information content (AvgIpc) is 3.23. The Bertz CT molecular complexity index is 859. The summed E-state index contributed by atoms with van der Waals surface area (Å²) >= 11 is 0. The fraction of sp³-hybridized carbons (Fsp3) is 0.556. The maximum Gasteiger partial charge on any atom is 0.227 e. The minimum absolute atomic E-state index is 0.00175. The Morgan fingerprint density at radius 3 is 2.78 bits per heavy atom. The number of sulfonamides is 1. The molecule has 3 aliphatic heterocycles. The Kier molecular flexibility index (Phi) is 4.48. The van der Waals surface area contributed by atoms with Crippen LogP contribution in [0.4, 0.5) is 0 Å². The first-order chi connectivity index (χ1) is 12.8. The summed E-state index contributed by atoms with van der Waals surface area (Å²) in [4.78, 5) is 28.9. The number of rotatable bonds is 5. The van der Waals surface area contributed by atoms with E-state index in [4.69, 9.17) is 4.74 Å². The predicted molar refractivity (Wildman–Crippen MR) is 96.9 cm³/mol. The molecule has 1 spiro atoms. The van der Waals surface area contributed by atoms with Crippen molar-refractivity contribution in [2.24, 2.45) is 0 Å². The molecule has 9 heteroatoms. The SMILES string of the molecule is CS(=O)(=O)NCCC(=O)N1CC[C@@]23OC[C@@H](c4ccccc4)N2C(=O)C[C@@H]13. The van der Waals surface area contributed by atoms with Crippen LogP contribution in [-0.4, -0.2) is 67.8 Å². The zero-order valence-electron chi connectivity index (χ0n) is 15.1. The lowest BCUT2D eigenvalue weighted by Gasteiger charge is -2.33. The van der Waals surface area contributed by atoms with Crippen LogP contribution >= 0.6 is 0 Å². The first-order valence-corrected chi connectivity index (χ1v) is 11.0. The van der Waals surface area contributed by atoms with E-state index in [1.54, 1.807) is 4.90 Å². The lowest BCUT2D eigenvalue weighted by molar-refractivity contribution is -0.141. The van der Waals surface area contributed by atoms with E-state index in [1.807, 2.05) is 35.2 Å². The zero-order valence-corrected chi connectivity index (χ0v) is 15.9. The van der Waals surface area contributed by atoms with Crippen LogP contribution in [0.3, 0.4) is 0 Å². The molecule has 3 saturated heterocycles. The van der Waals surface area contributed by atoms with Gasteiger partial charge in [0, 0.05) is 25.9 Å². The smallest absolute Gasteiger partial charge is 0.227 e. The molecule has 0 radical (unpaired) electrons. The molecule has 146 valence electrons. The molecule has 3 heterocycles. The van der Waals surface area contributed by atoms with Crippen LogP contribution in [0.2, 0.25) is 0 Å². The van der Waals surface area contributed by atoms with E-state index in [9.17, 15) is 18.0 Å². The number of ether oxygens (including phenoxy) is 1. The van der Waals surface area contributed by atoms with Gasteiger partial charge in [0.15, 0.2) is 5.72 Å². The zero-order chi connectivity index (χ0) is 19.2. The van der Waals surface area contributed by atoms with Gasteiger partial charge in [0.2, 0.25) is 21.8 Å². The molecular formula is C18H23N3O5S. The van der Waals surface area contributed by atoms with Crippen LogP contribution in [0.15, 0.2) is 30.3 Å². The molecule has 0 aliphatic carbocycles. The van der Waals surface area contributed by atoms with Crippen LogP contribution < -0.4 is 4.72 Å². The summed E-state index contributed by atoms with van der Waals surface area (Å²) in [7, 11) is -3.33. The number of hydrogen-bond acceptors (Lipinski definition) is 5. The number of likely N-dealkylation sites (tertiary alicyclic amines) is 1. The van der Waals surface area contributed by atoms with E-state index in [2.05, 4.69) is 4.72 Å². The molecule has 1 N–H and O–H groups in total. The molecule has 0 aromatic heterocycles. The summed E-state index contributed by atoms with van der Waals surface area (Å²) in [6.45, 7) is 0.983. The number of carbonyl (C=O) groups is 2. The van der Waals surface area contributed by atoms with Gasteiger partial charge in [0.1, 0.15) is 0 Å². The van der Waals surface area contributed by atoms with E-state index >= 15 is 0 Å². The van der Waals surface area contributed by atoms with Crippen molar-refractivity contribution >= 4 is 21.8 Å². The Balaban J connectivity index is 1.50. The molecule has 4 rings (SSSR count). The Hall–Kier alpha value is -1.97. The number of hydrogen-bond donors (Lipinski definition) is 1. The lowest BCUT2D eigenvalue weighted by atomic mass is 10.0. The number of nitrogens with one attached hydrogen (secondary N) is 1. The van der Waals surface area contributed by atoms with Crippen molar-refractivity contribution in [2.45, 2.75) is 37.1 Å². The Morgan fingerprint density at radius 2 is 2.07 bits per heavy atom. The van der Waals surface area contributed by atoms with Crippen molar-refractivity contribution in [1.29, 1.82) is 0 Å². The van der Waals surface area contributed by atoms with Gasteiger partial charge in [0.25, 0.3) is 0 Å². The molecule has 1 aromatic carbocycles. The van der Waals surface area contributed by atoms with Crippen molar-refractivity contribution in [3.63, 3.8) is 0 Å². The summed E-state index contributed by atoms with van der Waals surface area (Å²) in [5.74, 6) is -0.160. The Labute approximate surface area is 158 Å². The molecule has 27 heavy (non-hydrogen) atoms. The normalized spacial score (nSPS) is 29.9. The maximum atomic E-state index is 12.8. The molecule has 8 nitrogen and oxygen atoms in total. The maximum absolute atomic E-state index is 12.8. The fourth-order valence-electron chi connectivity index (χ4n) is 4.55. The number of nitrogens with zero attached hydrogens (tertiary/aromatic N) is 2. The van der Waals surface area contributed by atoms with Crippen molar-refractivity contribution in [1.82, 2.24) is 14.5 Å². The topological polar surface area (TPSA) is 96.0 Å². The highest BCUT2D eigenvalue weighted by molar-refractivity contribution is 7.88. The van der Waals surface area contributed by atoms with Gasteiger partial charge in [-0.15, -0.1) is 0 Å². The summed E-state index contributed by atoms with van der Waals surface area (Å²) in [5, 5.41) is 0. The van der Waals surface area contributed by atoms with E-state index in [0.29, 0.717) is 19.6 Å². The van der Waals surface area contributed by atoms with Gasteiger partial charge in [-0.2, -0.15) is 0 Å². The molecule has 1 aromatic rings. The minimum atomic E-state index is -3.33. The highest BCUT2D eigenvalue weighted by atomic mass is 32.2. The highest BCUT2D eigenvalue weighted by Gasteiger charge is 2.65. The highest BCUT2D eigenvalue weighted by Crippen LogP contribution is 2.51. The minimum Gasteiger partial charge on any atom is -0.351 e. The monoisotopic (exact) mass is 393 g/mol. The molecule has 3 fully saturated rings. The van der Waals surface area contributed by atoms with Crippen molar-refractivity contribution < 1.29 is 22.7 Å². The van der Waals surface area contributed by atoms with Gasteiger partial charge >= 0.3 is 0 Å². The van der Waals surface area contributed by atoms with Gasteiger partial charge in [-0.3, -0.25) is 9.59 Å². The average molecular weight is 393 g/mol. The fourth-order valence-corrected chi connectivity index (χ4v) is 5.02. The summed E-state index contributed by atoms with van der Waals surface area (Å²) in [6, 6.07) is 9.35. The number of benzene rings is 1. The molecule has 0 unspecified atom stereocenters. The molecular weight excluding hydrogens is 370 g/mol. The van der Waals surface area contributed by atoms with E-state index < -0.39 is 15.7 Å². The van der Waals surface area contributed by atoms with Crippen molar-refractivity contribution in [3.8, 4) is 0 Å². The molecule has 0 bridgehead atoms. The quantitative estimate of drug-likeness (QED) is 0.772. The van der Waals surface area contributed by atoms with Gasteiger partial charge < -0.3 is 14.5 Å². The summed E-state index contributed by atoms with van der Waals surface area (Å²) < 4.78 is 30.8. The summed E-state index contributed by atoms with van der Waals surface area (Å²) in [5.41, 5.74) is 0.280. The molecule has 3 aliphatic rings. The number of carbonyl (C=O) groups excluding carboxylic acids is 2. The Morgan fingerprint density at radius 1 is 1.33 bits per heavy atom. The first-order valence-electron chi connectivity index (χ1n) is 9.07. The first kappa shape index (κ1) is 18.4. The van der Waals surface area contributed by atoms with E-state index in [-0.39, 0.29) is 43.3 Å². The predicted octanol–water partition coefficient (Wildman–Crippen LogP) is 0.227. The van der Waals surface area contributed by atoms with Crippen LogP contribution in [0.1, 0.15) is 30.9 Å². The third kappa shape index (κ3) is 3.13. The van der Waals surface area contributed by atoms with E-state index in [1.165, 1.54) is 0 Å². The third-order valence-electron chi connectivity index (χ3n) is 5.66. The van der Waals surface area contributed by atoms with Crippen molar-refractivity contribution in [2.75, 3.05) is 26.0 Å². The van der Waals surface area contributed by atoms with Gasteiger partial charge in [-0.05, 0) is 5.56 Å². The van der Waals surface area contributed by atoms with Crippen molar-refractivity contribution in [3.05, 3.63) is 35.9 Å². The van der Waals surface area contributed by atoms with Crippen LogP contribution in [0.5, 0.6) is 0 Å². The molecule has 3 atom stereocenters. The van der Waals surface area contributed by atoms with Crippen LogP contribution in [0.25, 0.3) is 0 Å². The summed E-state index contributed by atoms with van der Waals surface area (Å²) in [6.07, 6.45) is 1.95. The lowest BCUT2D eigenvalue weighted by Crippen LogP contribution is -2.49. The van der Waals surface area contributed by atoms with Crippen LogP contribution in [0, 0.1) is 0 Å². The largest absolute Gasteiger partial charge is 0.351 e. The standard InChI is InChI=1S/C18H23N3O5S/c1-27(24,25)19-9-7-16(22)20-10-8-18-15(20)11-17(23)21(18)14(12-26-18)13-5-3-2-4-6-13/h2-6,14-15,19H,7-12H2,1H3/t14-,15+,18-/m0/s1. The van der Waals surface area contributed by atoms with Gasteiger partial charge in [-0.25, -0.2) is 13.1 Å². The second-order valence-corrected chi connectivity index (χ2v) is 9.15. The second kappa shape index (κ2) is 6.57. The molecule has 2 amide bonds. The van der Waals surface area contributed by atoms with Crippen LogP contribution in [-0.2, 0) is 24.3 Å². The van der Waals surface area contributed by atoms with Gasteiger partial charge in [-0.1, -0.05) is 30.3 Å². The number of amides is 2. The van der Waals surface area contributed by atoms with E-state index in [0.717, 1.165) is 11.8 Å². The molecule has 0 saturated carbocycles. The van der Waals surface area contributed by atoms with Gasteiger partial charge in [0.05, 0.1) is 31.4 Å². The third-order valence-corrected chi connectivity index (χ3v) is 6.39.